The van der Waals surface area contributed by atoms with Crippen molar-refractivity contribution < 1.29 is 0 Å². The van der Waals surface area contributed by atoms with Crippen LogP contribution in [0.25, 0.3) is 0 Å². The van der Waals surface area contributed by atoms with E-state index >= 15 is 0 Å². The van der Waals surface area contributed by atoms with Crippen LogP contribution in [0.5, 0.6) is 0 Å². The molecule has 0 aromatic heterocycles. The summed E-state index contributed by atoms with van der Waals surface area (Å²) in [4.78, 5) is 0. The minimum absolute atomic E-state index is 0.725. The van der Waals surface area contributed by atoms with E-state index in [-0.39, 0.29) is 0 Å². The smallest absolute Gasteiger partial charge is 0.0192 e. The van der Waals surface area contributed by atoms with Gasteiger partial charge in [-0.15, -0.1) is 0 Å². The summed E-state index contributed by atoms with van der Waals surface area (Å²) in [5.41, 5.74) is 7.00. The van der Waals surface area contributed by atoms with Crippen molar-refractivity contribution in [3.05, 3.63) is 12.3 Å². The molecular weight excluding hydrogens is 160 g/mol. The molecule has 2 unspecified atom stereocenters. The molecule has 0 fully saturated rings. The van der Waals surface area contributed by atoms with Gasteiger partial charge in [0.05, 0.1) is 0 Å². The van der Waals surface area contributed by atoms with Crippen molar-refractivity contribution in [3.8, 4) is 0 Å². The van der Waals surface area contributed by atoms with E-state index in [2.05, 4.69) is 38.2 Å². The van der Waals surface area contributed by atoms with Crippen molar-refractivity contribution in [3.63, 3.8) is 0 Å². The summed E-state index contributed by atoms with van der Waals surface area (Å²) in [6, 6.07) is 0. The number of nitrogens with one attached hydrogen (secondary N) is 2. The van der Waals surface area contributed by atoms with E-state index in [9.17, 15) is 0 Å². The average molecular weight is 184 g/mol. The third-order valence-electron chi connectivity index (χ3n) is 2.40. The molecule has 13 heavy (non-hydrogen) atoms. The first kappa shape index (κ1) is 12.5. The third kappa shape index (κ3) is 6.64. The van der Waals surface area contributed by atoms with Crippen LogP contribution in [0.15, 0.2) is 12.3 Å². The van der Waals surface area contributed by atoms with Crippen molar-refractivity contribution in [2.75, 3.05) is 7.05 Å². The third-order valence-corrected chi connectivity index (χ3v) is 2.40. The van der Waals surface area contributed by atoms with Crippen molar-refractivity contribution in [1.29, 1.82) is 0 Å². The Balaban J connectivity index is 3.60. The van der Waals surface area contributed by atoms with E-state index in [1.807, 2.05) is 7.05 Å². The van der Waals surface area contributed by atoms with E-state index in [4.69, 9.17) is 0 Å². The second-order valence-electron chi connectivity index (χ2n) is 4.04. The van der Waals surface area contributed by atoms with Gasteiger partial charge >= 0.3 is 0 Å². The van der Waals surface area contributed by atoms with Gasteiger partial charge in [-0.05, 0) is 24.7 Å². The van der Waals surface area contributed by atoms with Crippen LogP contribution in [-0.2, 0) is 0 Å². The van der Waals surface area contributed by atoms with Gasteiger partial charge in [-0.25, -0.2) is 5.43 Å². The number of hydrazine groups is 1. The fourth-order valence-electron chi connectivity index (χ4n) is 1.59. The van der Waals surface area contributed by atoms with E-state index in [1.165, 1.54) is 12.8 Å². The van der Waals surface area contributed by atoms with Crippen molar-refractivity contribution in [1.82, 2.24) is 10.9 Å². The quantitative estimate of drug-likeness (QED) is 0.594. The molecule has 0 heterocycles. The van der Waals surface area contributed by atoms with Crippen molar-refractivity contribution >= 4 is 0 Å². The molecular formula is C11H24N2. The Bertz CT molecular complexity index is 143. The van der Waals surface area contributed by atoms with Crippen molar-refractivity contribution in [2.45, 2.75) is 40.0 Å². The maximum atomic E-state index is 3.94. The molecule has 0 rings (SSSR count). The highest BCUT2D eigenvalue weighted by molar-refractivity contribution is 4.90. The molecule has 0 aliphatic rings. The fourth-order valence-corrected chi connectivity index (χ4v) is 1.59. The molecule has 0 aliphatic heterocycles. The Morgan fingerprint density at radius 2 is 1.92 bits per heavy atom. The number of hydrogen-bond donors (Lipinski definition) is 2. The van der Waals surface area contributed by atoms with Crippen LogP contribution in [0.3, 0.4) is 0 Å². The molecule has 0 aromatic carbocycles. The fraction of sp³-hybridized carbons (Fsp3) is 0.818. The Hall–Kier alpha value is -0.500. The average Bonchev–Trinajstić information content (AvgIpc) is 2.04. The molecule has 2 heteroatoms. The lowest BCUT2D eigenvalue weighted by atomic mass is 9.92. The summed E-state index contributed by atoms with van der Waals surface area (Å²) in [7, 11) is 1.87. The number of allylic oxidation sites excluding steroid dienone is 1. The molecule has 0 spiro atoms. The predicted octanol–water partition coefficient (Wildman–Crippen LogP) is 2.69. The predicted molar refractivity (Wildman–Crippen MR) is 59.2 cm³/mol. The van der Waals surface area contributed by atoms with Crippen molar-refractivity contribution in [2.24, 2.45) is 11.8 Å². The Kier molecular flexibility index (Phi) is 6.69. The number of hydrogen-bond acceptors (Lipinski definition) is 2. The van der Waals surface area contributed by atoms with Gasteiger partial charge in [0.2, 0.25) is 0 Å². The molecule has 0 aliphatic carbocycles. The molecule has 0 saturated carbocycles. The van der Waals surface area contributed by atoms with Crippen LogP contribution in [0.4, 0.5) is 0 Å². The zero-order valence-corrected chi connectivity index (χ0v) is 9.48. The first-order chi connectivity index (χ1) is 6.10. The van der Waals surface area contributed by atoms with E-state index in [0.29, 0.717) is 0 Å². The molecule has 2 atom stereocenters. The van der Waals surface area contributed by atoms with Crippen LogP contribution < -0.4 is 10.9 Å². The molecule has 78 valence electrons. The maximum Gasteiger partial charge on any atom is 0.0192 e. The van der Waals surface area contributed by atoms with Crippen LogP contribution in [0.1, 0.15) is 40.0 Å². The summed E-state index contributed by atoms with van der Waals surface area (Å²) in [5, 5.41) is 0. The lowest BCUT2D eigenvalue weighted by molar-refractivity contribution is 0.395. The van der Waals surface area contributed by atoms with Crippen LogP contribution in [0, 0.1) is 11.8 Å². The Morgan fingerprint density at radius 1 is 1.31 bits per heavy atom. The summed E-state index contributed by atoms with van der Waals surface area (Å²) >= 11 is 0. The summed E-state index contributed by atoms with van der Waals surface area (Å²) in [6.07, 6.45) is 3.63. The summed E-state index contributed by atoms with van der Waals surface area (Å²) in [5.74, 6) is 1.56. The Labute approximate surface area is 82.8 Å². The largest absolute Gasteiger partial charge is 0.326 e. The van der Waals surface area contributed by atoms with Gasteiger partial charge in [0.1, 0.15) is 0 Å². The highest BCUT2D eigenvalue weighted by Gasteiger charge is 2.08. The van der Waals surface area contributed by atoms with E-state index < -0.39 is 0 Å². The zero-order valence-electron chi connectivity index (χ0n) is 9.48. The standard InChI is InChI=1S/C11H24N2/c1-6-9(2)7-10(3)8-11(4)13-12-5/h9-10,12-13H,4,6-8H2,1-3,5H3. The second-order valence-corrected chi connectivity index (χ2v) is 4.04. The molecule has 0 bridgehead atoms. The van der Waals surface area contributed by atoms with Crippen LogP contribution in [0.2, 0.25) is 0 Å². The van der Waals surface area contributed by atoms with Gasteiger partial charge in [0.25, 0.3) is 0 Å². The lowest BCUT2D eigenvalue weighted by Gasteiger charge is -2.17. The molecule has 0 saturated heterocycles. The Morgan fingerprint density at radius 3 is 2.38 bits per heavy atom. The molecule has 0 amide bonds. The highest BCUT2D eigenvalue weighted by atomic mass is 15.3. The van der Waals surface area contributed by atoms with Gasteiger partial charge in [-0.3, -0.25) is 0 Å². The molecule has 2 N–H and O–H groups in total. The normalized spacial score (nSPS) is 15.1. The van der Waals surface area contributed by atoms with Gasteiger partial charge < -0.3 is 5.43 Å². The molecule has 0 radical (unpaired) electrons. The second kappa shape index (κ2) is 6.96. The van der Waals surface area contributed by atoms with E-state index in [0.717, 1.165) is 24.0 Å². The SMILES string of the molecule is C=C(CC(C)CC(C)CC)NNC. The monoisotopic (exact) mass is 184 g/mol. The van der Waals surface area contributed by atoms with Gasteiger partial charge in [-0.2, -0.15) is 0 Å². The van der Waals surface area contributed by atoms with E-state index in [1.54, 1.807) is 0 Å². The maximum absolute atomic E-state index is 3.94. The summed E-state index contributed by atoms with van der Waals surface area (Å²) < 4.78 is 0. The van der Waals surface area contributed by atoms with Gasteiger partial charge in [0, 0.05) is 12.7 Å². The molecule has 0 aromatic rings. The van der Waals surface area contributed by atoms with Gasteiger partial charge in [0.15, 0.2) is 0 Å². The summed E-state index contributed by atoms with van der Waals surface area (Å²) in [6.45, 7) is 10.8. The topological polar surface area (TPSA) is 24.1 Å². The highest BCUT2D eigenvalue weighted by Crippen LogP contribution is 2.19. The van der Waals surface area contributed by atoms with Crippen LogP contribution >= 0.6 is 0 Å². The minimum Gasteiger partial charge on any atom is -0.326 e. The first-order valence-corrected chi connectivity index (χ1v) is 5.20. The molecule has 2 nitrogen and oxygen atoms in total. The van der Waals surface area contributed by atoms with Crippen LogP contribution in [-0.4, -0.2) is 7.05 Å². The zero-order chi connectivity index (χ0) is 10.3. The number of rotatable bonds is 7. The minimum atomic E-state index is 0.725. The lowest BCUT2D eigenvalue weighted by Crippen LogP contribution is -2.27. The van der Waals surface area contributed by atoms with Gasteiger partial charge in [-0.1, -0.05) is 33.8 Å². The first-order valence-electron chi connectivity index (χ1n) is 5.20.